The van der Waals surface area contributed by atoms with E-state index in [1.165, 1.54) is 24.7 Å². The average Bonchev–Trinajstić information content (AvgIpc) is 3.13. The van der Waals surface area contributed by atoms with Gasteiger partial charge >= 0.3 is 23.8 Å². The van der Waals surface area contributed by atoms with Gasteiger partial charge in [0, 0.05) is 10.4 Å². The molecule has 0 saturated carbocycles. The molecule has 2 aromatic carbocycles. The molecule has 10 nitrogen and oxygen atoms in total. The number of carbonyl (C=O) groups is 4. The number of esters is 2. The molecule has 0 saturated heterocycles. The van der Waals surface area contributed by atoms with Crippen molar-refractivity contribution in [1.29, 1.82) is 0 Å². The molecule has 0 fully saturated rings. The van der Waals surface area contributed by atoms with Gasteiger partial charge in [-0.2, -0.15) is 5.10 Å². The third kappa shape index (κ3) is 6.92. The fraction of sp³-hybridized carbons (Fsp3) is 0.276. The summed E-state index contributed by atoms with van der Waals surface area (Å²) in [4.78, 5) is 51.5. The Morgan fingerprint density at radius 2 is 1.77 bits per heavy atom. The normalized spacial score (nSPS) is 12.7. The number of amides is 2. The van der Waals surface area contributed by atoms with Crippen LogP contribution >= 0.6 is 11.3 Å². The number of thiophene rings is 1. The van der Waals surface area contributed by atoms with Crippen molar-refractivity contribution in [3.63, 3.8) is 0 Å². The highest BCUT2D eigenvalue weighted by Gasteiger charge is 2.28. The van der Waals surface area contributed by atoms with Crippen LogP contribution in [0.4, 0.5) is 5.00 Å². The highest BCUT2D eigenvalue weighted by atomic mass is 32.1. The zero-order valence-corrected chi connectivity index (χ0v) is 23.0. The number of ether oxygens (including phenoxy) is 3. The summed E-state index contributed by atoms with van der Waals surface area (Å²) in [5, 5.41) is 6.70. The summed E-state index contributed by atoms with van der Waals surface area (Å²) in [5.41, 5.74) is 4.07. The van der Waals surface area contributed by atoms with Crippen molar-refractivity contribution in [2.24, 2.45) is 5.10 Å². The first-order chi connectivity index (χ1) is 19.4. The van der Waals surface area contributed by atoms with Crippen LogP contribution in [0.25, 0.3) is 0 Å². The van der Waals surface area contributed by atoms with Crippen LogP contribution in [-0.4, -0.2) is 43.7 Å². The van der Waals surface area contributed by atoms with Gasteiger partial charge in [0.1, 0.15) is 16.5 Å². The first-order valence-corrected chi connectivity index (χ1v) is 13.6. The van der Waals surface area contributed by atoms with E-state index in [2.05, 4.69) is 15.8 Å². The Morgan fingerprint density at radius 1 is 0.975 bits per heavy atom. The Morgan fingerprint density at radius 3 is 2.58 bits per heavy atom. The number of anilines is 1. The van der Waals surface area contributed by atoms with E-state index >= 15 is 0 Å². The van der Waals surface area contributed by atoms with Gasteiger partial charge in [-0.15, -0.1) is 11.3 Å². The van der Waals surface area contributed by atoms with Crippen LogP contribution in [0, 0.1) is 0 Å². The third-order valence-corrected chi connectivity index (χ3v) is 7.34. The molecule has 1 aliphatic rings. The Labute approximate surface area is 235 Å². The number of aryl methyl sites for hydroxylation is 1. The Balaban J connectivity index is 1.42. The molecule has 2 amide bonds. The topological polar surface area (TPSA) is 132 Å². The molecule has 0 atom stereocenters. The van der Waals surface area contributed by atoms with Gasteiger partial charge in [0.05, 0.1) is 31.1 Å². The van der Waals surface area contributed by atoms with Gasteiger partial charge in [0.25, 0.3) is 0 Å². The number of nitrogens with zero attached hydrogens (tertiary/aromatic N) is 1. The number of rotatable bonds is 8. The van der Waals surface area contributed by atoms with Gasteiger partial charge < -0.3 is 19.5 Å². The molecular weight excluding hydrogens is 534 g/mol. The first-order valence-electron chi connectivity index (χ1n) is 12.8. The number of nitrogens with one attached hydrogen (secondary N) is 2. The monoisotopic (exact) mass is 563 g/mol. The predicted molar refractivity (Wildman–Crippen MR) is 150 cm³/mol. The number of carbonyl (C=O) groups excluding carboxylic acids is 4. The van der Waals surface area contributed by atoms with Crippen molar-refractivity contribution in [2.75, 3.05) is 19.0 Å². The standard InChI is InChI=1S/C29H29N3O7S/c1-3-38-29(36)24-21-13-5-4-6-15-23(21)40-27(24)31-25(33)26(34)32-30-17-19-10-7-8-14-22(19)39-28(35)18-11-9-12-20(16-18)37-2/h7-12,14,16-17H,3-6,13,15H2,1-2H3,(H,31,33)(H,32,34)/b30-17+. The fourth-order valence-electron chi connectivity index (χ4n) is 4.21. The predicted octanol–water partition coefficient (Wildman–Crippen LogP) is 4.51. The van der Waals surface area contributed by atoms with Gasteiger partial charge in [-0.1, -0.05) is 24.6 Å². The van der Waals surface area contributed by atoms with Crippen LogP contribution < -0.4 is 20.2 Å². The minimum Gasteiger partial charge on any atom is -0.497 e. The zero-order valence-electron chi connectivity index (χ0n) is 22.2. The minimum atomic E-state index is -1.03. The fourth-order valence-corrected chi connectivity index (χ4v) is 5.48. The van der Waals surface area contributed by atoms with E-state index in [0.29, 0.717) is 33.9 Å². The molecule has 4 rings (SSSR count). The van der Waals surface area contributed by atoms with Crippen molar-refractivity contribution in [1.82, 2.24) is 5.43 Å². The largest absolute Gasteiger partial charge is 0.497 e. The van der Waals surface area contributed by atoms with Crippen LogP contribution in [0.5, 0.6) is 11.5 Å². The molecule has 0 bridgehead atoms. The van der Waals surface area contributed by atoms with Crippen LogP contribution in [0.3, 0.4) is 0 Å². The molecule has 208 valence electrons. The zero-order chi connectivity index (χ0) is 28.5. The minimum absolute atomic E-state index is 0.197. The lowest BCUT2D eigenvalue weighted by molar-refractivity contribution is -0.136. The van der Waals surface area contributed by atoms with Crippen molar-refractivity contribution >= 4 is 46.3 Å². The highest BCUT2D eigenvalue weighted by Crippen LogP contribution is 2.38. The van der Waals surface area contributed by atoms with E-state index in [1.54, 1.807) is 55.5 Å². The number of para-hydroxylation sites is 1. The molecule has 3 aromatic rings. The smallest absolute Gasteiger partial charge is 0.343 e. The average molecular weight is 564 g/mol. The summed E-state index contributed by atoms with van der Waals surface area (Å²) in [6, 6.07) is 13.1. The molecule has 1 aromatic heterocycles. The summed E-state index contributed by atoms with van der Waals surface area (Å²) in [7, 11) is 1.50. The SMILES string of the molecule is CCOC(=O)c1c(NC(=O)C(=O)N/N=C/c2ccccc2OC(=O)c2cccc(OC)c2)sc2c1CCCCC2. The van der Waals surface area contributed by atoms with E-state index in [9.17, 15) is 19.2 Å². The molecule has 0 spiro atoms. The van der Waals surface area contributed by atoms with E-state index in [4.69, 9.17) is 14.2 Å². The number of fused-ring (bicyclic) bond motifs is 1. The summed E-state index contributed by atoms with van der Waals surface area (Å²) in [6.45, 7) is 1.91. The second-order valence-electron chi connectivity index (χ2n) is 8.80. The van der Waals surface area contributed by atoms with Crippen molar-refractivity contribution in [2.45, 2.75) is 39.0 Å². The third-order valence-electron chi connectivity index (χ3n) is 6.13. The number of benzene rings is 2. The van der Waals surface area contributed by atoms with Gasteiger partial charge in [-0.25, -0.2) is 15.0 Å². The lowest BCUT2D eigenvalue weighted by Crippen LogP contribution is -2.32. The maximum atomic E-state index is 12.7. The van der Waals surface area contributed by atoms with Crippen LogP contribution in [0.1, 0.15) is 62.9 Å². The lowest BCUT2D eigenvalue weighted by Gasteiger charge is -2.08. The number of methoxy groups -OCH3 is 1. The van der Waals surface area contributed by atoms with Gasteiger partial charge in [0.15, 0.2) is 0 Å². The summed E-state index contributed by atoms with van der Waals surface area (Å²) < 4.78 is 15.9. The molecule has 11 heteroatoms. The molecule has 1 heterocycles. The lowest BCUT2D eigenvalue weighted by atomic mass is 10.1. The quantitative estimate of drug-likeness (QED) is 0.103. The number of hydrazone groups is 1. The van der Waals surface area contributed by atoms with Crippen LogP contribution in [-0.2, 0) is 27.2 Å². The molecule has 2 N–H and O–H groups in total. The Hall–Kier alpha value is -4.51. The Bertz CT molecular complexity index is 1450. The van der Waals surface area contributed by atoms with E-state index in [1.807, 2.05) is 0 Å². The first kappa shape index (κ1) is 28.5. The Kier molecular flexibility index (Phi) is 9.63. The molecule has 0 aliphatic heterocycles. The van der Waals surface area contributed by atoms with Crippen molar-refractivity contribution in [3.05, 3.63) is 75.7 Å². The number of hydrogen-bond donors (Lipinski definition) is 2. The molecule has 1 aliphatic carbocycles. The van der Waals surface area contributed by atoms with Gasteiger partial charge in [-0.05, 0) is 68.5 Å². The second-order valence-corrected chi connectivity index (χ2v) is 9.91. The molecule has 40 heavy (non-hydrogen) atoms. The second kappa shape index (κ2) is 13.5. The maximum absolute atomic E-state index is 12.7. The summed E-state index contributed by atoms with van der Waals surface area (Å²) in [6.07, 6.45) is 5.78. The molecule has 0 unspecified atom stereocenters. The van der Waals surface area contributed by atoms with E-state index in [-0.39, 0.29) is 12.4 Å². The van der Waals surface area contributed by atoms with Crippen LogP contribution in [0.15, 0.2) is 53.6 Å². The summed E-state index contributed by atoms with van der Waals surface area (Å²) in [5.74, 6) is -2.40. The van der Waals surface area contributed by atoms with E-state index in [0.717, 1.165) is 36.1 Å². The summed E-state index contributed by atoms with van der Waals surface area (Å²) >= 11 is 1.30. The van der Waals surface area contributed by atoms with Crippen molar-refractivity contribution < 1.29 is 33.4 Å². The van der Waals surface area contributed by atoms with E-state index < -0.39 is 23.8 Å². The van der Waals surface area contributed by atoms with Crippen LogP contribution in [0.2, 0.25) is 0 Å². The van der Waals surface area contributed by atoms with Crippen molar-refractivity contribution in [3.8, 4) is 11.5 Å². The molecular formula is C29H29N3O7S. The molecule has 0 radical (unpaired) electrons. The maximum Gasteiger partial charge on any atom is 0.343 e. The number of hydrogen-bond acceptors (Lipinski definition) is 9. The van der Waals surface area contributed by atoms with Gasteiger partial charge in [-0.3, -0.25) is 9.59 Å². The van der Waals surface area contributed by atoms with Gasteiger partial charge in [0.2, 0.25) is 0 Å². The highest BCUT2D eigenvalue weighted by molar-refractivity contribution is 7.17.